The van der Waals surface area contributed by atoms with Gasteiger partial charge in [0.2, 0.25) is 0 Å². The maximum Gasteiger partial charge on any atom is 0.0626 e. The largest absolute Gasteiger partial charge is 0.378 e. The maximum absolute atomic E-state index is 5.82. The van der Waals surface area contributed by atoms with Crippen LogP contribution < -0.4 is 0 Å². The number of rotatable bonds is 6. The van der Waals surface area contributed by atoms with Gasteiger partial charge in [0.15, 0.2) is 0 Å². The van der Waals surface area contributed by atoms with Crippen molar-refractivity contribution in [2.75, 3.05) is 12.5 Å². The fourth-order valence-corrected chi connectivity index (χ4v) is 1.85. The lowest BCUT2D eigenvalue weighted by molar-refractivity contribution is 0.0613. The first-order valence-electron chi connectivity index (χ1n) is 5.18. The van der Waals surface area contributed by atoms with Crippen LogP contribution in [0.5, 0.6) is 0 Å². The predicted octanol–water partition coefficient (Wildman–Crippen LogP) is 3.92. The minimum absolute atomic E-state index is 0.216. The Bertz CT molecular complexity index is 265. The molecule has 1 rings (SSSR count). The third-order valence-corrected chi connectivity index (χ3v) is 2.68. The van der Waals surface area contributed by atoms with Gasteiger partial charge in [0, 0.05) is 17.5 Å². The molecule has 0 N–H and O–H groups in total. The second-order valence-corrected chi connectivity index (χ2v) is 4.20. The number of alkyl halides is 1. The molecular formula is C12H16Cl2O. The molecule has 84 valence electrons. The summed E-state index contributed by atoms with van der Waals surface area (Å²) >= 11 is 11.5. The summed E-state index contributed by atoms with van der Waals surface area (Å²) in [7, 11) is 0. The van der Waals surface area contributed by atoms with Gasteiger partial charge in [0.1, 0.15) is 0 Å². The van der Waals surface area contributed by atoms with Crippen LogP contribution in [-0.4, -0.2) is 18.6 Å². The van der Waals surface area contributed by atoms with E-state index in [2.05, 4.69) is 0 Å². The minimum atomic E-state index is 0.216. The molecule has 1 aromatic carbocycles. The Labute approximate surface area is 101 Å². The van der Waals surface area contributed by atoms with Crippen LogP contribution in [0.3, 0.4) is 0 Å². The fourth-order valence-electron chi connectivity index (χ4n) is 1.49. The van der Waals surface area contributed by atoms with Crippen molar-refractivity contribution in [3.63, 3.8) is 0 Å². The zero-order chi connectivity index (χ0) is 11.1. The lowest BCUT2D eigenvalue weighted by Crippen LogP contribution is -2.16. The van der Waals surface area contributed by atoms with Crippen LogP contribution in [0.4, 0.5) is 0 Å². The average molecular weight is 247 g/mol. The van der Waals surface area contributed by atoms with Crippen molar-refractivity contribution >= 4 is 23.2 Å². The monoisotopic (exact) mass is 246 g/mol. The summed E-state index contributed by atoms with van der Waals surface area (Å²) in [5.74, 6) is 0.637. The van der Waals surface area contributed by atoms with Crippen molar-refractivity contribution in [3.8, 4) is 0 Å². The fraction of sp³-hybridized carbons (Fsp3) is 0.500. The molecule has 15 heavy (non-hydrogen) atoms. The predicted molar refractivity (Wildman–Crippen MR) is 65.9 cm³/mol. The Morgan fingerprint density at radius 1 is 1.27 bits per heavy atom. The first kappa shape index (κ1) is 12.8. The number of hydrogen-bond acceptors (Lipinski definition) is 1. The topological polar surface area (TPSA) is 9.23 Å². The van der Waals surface area contributed by atoms with Crippen molar-refractivity contribution in [1.82, 2.24) is 0 Å². The molecule has 1 unspecified atom stereocenters. The Morgan fingerprint density at radius 2 is 1.93 bits per heavy atom. The summed E-state index contributed by atoms with van der Waals surface area (Å²) in [6.45, 7) is 2.73. The van der Waals surface area contributed by atoms with Gasteiger partial charge in [-0.25, -0.2) is 0 Å². The highest BCUT2D eigenvalue weighted by Crippen LogP contribution is 2.14. The van der Waals surface area contributed by atoms with Gasteiger partial charge < -0.3 is 4.74 Å². The molecule has 0 saturated carbocycles. The van der Waals surface area contributed by atoms with Crippen molar-refractivity contribution in [3.05, 3.63) is 34.9 Å². The molecule has 0 aliphatic heterocycles. The molecule has 0 saturated heterocycles. The number of halogens is 2. The summed E-state index contributed by atoms with van der Waals surface area (Å²) in [5, 5.41) is 0.768. The quantitative estimate of drug-likeness (QED) is 0.692. The van der Waals surface area contributed by atoms with E-state index >= 15 is 0 Å². The van der Waals surface area contributed by atoms with E-state index < -0.39 is 0 Å². The van der Waals surface area contributed by atoms with E-state index in [4.69, 9.17) is 27.9 Å². The number of benzene rings is 1. The van der Waals surface area contributed by atoms with Gasteiger partial charge in [-0.1, -0.05) is 23.7 Å². The first-order valence-corrected chi connectivity index (χ1v) is 6.09. The van der Waals surface area contributed by atoms with Crippen LogP contribution in [0, 0.1) is 0 Å². The molecule has 0 radical (unpaired) electrons. The van der Waals surface area contributed by atoms with Crippen molar-refractivity contribution < 1.29 is 4.74 Å². The molecule has 0 aromatic heterocycles. The van der Waals surface area contributed by atoms with Crippen LogP contribution >= 0.6 is 23.2 Å². The van der Waals surface area contributed by atoms with Crippen LogP contribution in [0.1, 0.15) is 18.9 Å². The minimum Gasteiger partial charge on any atom is -0.378 e. The summed E-state index contributed by atoms with van der Waals surface area (Å²) in [4.78, 5) is 0. The first-order chi connectivity index (χ1) is 7.26. The summed E-state index contributed by atoms with van der Waals surface area (Å²) in [6.07, 6.45) is 2.00. The Hall–Kier alpha value is -0.240. The Kier molecular flexibility index (Phi) is 6.07. The third-order valence-electron chi connectivity index (χ3n) is 2.21. The van der Waals surface area contributed by atoms with Gasteiger partial charge >= 0.3 is 0 Å². The highest BCUT2D eigenvalue weighted by molar-refractivity contribution is 6.30. The van der Waals surface area contributed by atoms with Crippen LogP contribution in [-0.2, 0) is 11.2 Å². The van der Waals surface area contributed by atoms with Crippen molar-refractivity contribution in [2.24, 2.45) is 0 Å². The molecule has 0 fully saturated rings. The highest BCUT2D eigenvalue weighted by Gasteiger charge is 2.08. The van der Waals surface area contributed by atoms with Crippen molar-refractivity contribution in [2.45, 2.75) is 25.9 Å². The zero-order valence-corrected chi connectivity index (χ0v) is 10.4. The highest BCUT2D eigenvalue weighted by atomic mass is 35.5. The van der Waals surface area contributed by atoms with Crippen LogP contribution in [0.15, 0.2) is 24.3 Å². The molecule has 0 aliphatic carbocycles. The van der Waals surface area contributed by atoms with Gasteiger partial charge in [0.25, 0.3) is 0 Å². The lowest BCUT2D eigenvalue weighted by Gasteiger charge is -2.15. The second kappa shape index (κ2) is 7.10. The van der Waals surface area contributed by atoms with Gasteiger partial charge in [-0.15, -0.1) is 11.6 Å². The zero-order valence-electron chi connectivity index (χ0n) is 8.88. The normalized spacial score (nSPS) is 12.7. The number of hydrogen-bond donors (Lipinski definition) is 0. The number of ether oxygens (including phenoxy) is 1. The smallest absolute Gasteiger partial charge is 0.0626 e. The van der Waals surface area contributed by atoms with Gasteiger partial charge in [-0.2, -0.15) is 0 Å². The van der Waals surface area contributed by atoms with E-state index in [0.717, 1.165) is 24.5 Å². The van der Waals surface area contributed by atoms with Gasteiger partial charge in [-0.05, 0) is 37.5 Å². The molecule has 0 spiro atoms. The van der Waals surface area contributed by atoms with E-state index in [1.165, 1.54) is 5.56 Å². The molecule has 0 amide bonds. The lowest BCUT2D eigenvalue weighted by atomic mass is 10.1. The molecule has 0 bridgehead atoms. The van der Waals surface area contributed by atoms with E-state index in [1.54, 1.807) is 0 Å². The standard InChI is InChI=1S/C12H16Cl2O/c1-2-15-12(7-8-13)9-10-3-5-11(14)6-4-10/h3-6,12H,2,7-9H2,1H3. The molecule has 0 aliphatic rings. The Morgan fingerprint density at radius 3 is 2.47 bits per heavy atom. The second-order valence-electron chi connectivity index (χ2n) is 3.39. The van der Waals surface area contributed by atoms with E-state index in [-0.39, 0.29) is 6.10 Å². The van der Waals surface area contributed by atoms with E-state index in [9.17, 15) is 0 Å². The third kappa shape index (κ3) is 4.87. The molecule has 1 aromatic rings. The van der Waals surface area contributed by atoms with Gasteiger partial charge in [0.05, 0.1) is 6.10 Å². The SMILES string of the molecule is CCOC(CCCl)Cc1ccc(Cl)cc1. The average Bonchev–Trinajstić information content (AvgIpc) is 2.22. The summed E-state index contributed by atoms with van der Waals surface area (Å²) in [5.41, 5.74) is 1.24. The van der Waals surface area contributed by atoms with Gasteiger partial charge in [-0.3, -0.25) is 0 Å². The molecule has 0 heterocycles. The van der Waals surface area contributed by atoms with E-state index in [0.29, 0.717) is 5.88 Å². The summed E-state index contributed by atoms with van der Waals surface area (Å²) in [6, 6.07) is 7.87. The van der Waals surface area contributed by atoms with Crippen molar-refractivity contribution in [1.29, 1.82) is 0 Å². The maximum atomic E-state index is 5.82. The Balaban J connectivity index is 2.53. The van der Waals surface area contributed by atoms with E-state index in [1.807, 2.05) is 31.2 Å². The van der Waals surface area contributed by atoms with Crippen LogP contribution in [0.25, 0.3) is 0 Å². The molecule has 3 heteroatoms. The van der Waals surface area contributed by atoms with Crippen LogP contribution in [0.2, 0.25) is 5.02 Å². The molecular weight excluding hydrogens is 231 g/mol. The summed E-state index contributed by atoms with van der Waals surface area (Å²) < 4.78 is 5.60. The molecule has 1 nitrogen and oxygen atoms in total. The molecule has 1 atom stereocenters.